The monoisotopic (exact) mass is 391 g/mol. The van der Waals surface area contributed by atoms with E-state index >= 15 is 0 Å². The van der Waals surface area contributed by atoms with Crippen molar-refractivity contribution in [3.8, 4) is 11.3 Å². The Labute approximate surface area is 170 Å². The molecule has 0 aliphatic heterocycles. The van der Waals surface area contributed by atoms with Crippen LogP contribution in [0.1, 0.15) is 29.8 Å². The van der Waals surface area contributed by atoms with Crippen LogP contribution < -0.4 is 10.6 Å². The number of carbonyl (C=O) groups excluding carboxylic acids is 2. The average molecular weight is 391 g/mol. The van der Waals surface area contributed by atoms with E-state index in [1.165, 1.54) is 0 Å². The van der Waals surface area contributed by atoms with Crippen molar-refractivity contribution >= 4 is 17.5 Å². The maximum Gasteiger partial charge on any atom is 0.255 e. The van der Waals surface area contributed by atoms with Gasteiger partial charge in [-0.1, -0.05) is 49.4 Å². The van der Waals surface area contributed by atoms with Gasteiger partial charge in [-0.3, -0.25) is 14.3 Å². The molecule has 1 heterocycles. The molecule has 2 aromatic carbocycles. The predicted molar refractivity (Wildman–Crippen MR) is 112 cm³/mol. The van der Waals surface area contributed by atoms with Crippen LogP contribution in [0.3, 0.4) is 0 Å². The molecule has 3 aromatic rings. The summed E-state index contributed by atoms with van der Waals surface area (Å²) in [5.41, 5.74) is 3.70. The van der Waals surface area contributed by atoms with Gasteiger partial charge >= 0.3 is 0 Å². The quantitative estimate of drug-likeness (QED) is 0.647. The minimum absolute atomic E-state index is 0.0120. The highest BCUT2D eigenvalue weighted by Crippen LogP contribution is 2.21. The van der Waals surface area contributed by atoms with Crippen molar-refractivity contribution < 1.29 is 9.59 Å². The Balaban J connectivity index is 1.70. The molecule has 0 aliphatic rings. The molecule has 0 saturated heterocycles. The summed E-state index contributed by atoms with van der Waals surface area (Å²) in [6.07, 6.45) is 1.81. The molecule has 0 bridgehead atoms. The zero-order chi connectivity index (χ0) is 20.8. The molecule has 0 spiro atoms. The topological polar surface area (TPSA) is 88.9 Å². The van der Waals surface area contributed by atoms with Gasteiger partial charge in [0.1, 0.15) is 5.69 Å². The third kappa shape index (κ3) is 5.28. The predicted octanol–water partition coefficient (Wildman–Crippen LogP) is 3.28. The van der Waals surface area contributed by atoms with Gasteiger partial charge < -0.3 is 10.6 Å². The Kier molecular flexibility index (Phi) is 6.39. The summed E-state index contributed by atoms with van der Waals surface area (Å²) in [7, 11) is 0. The van der Waals surface area contributed by atoms with E-state index in [0.29, 0.717) is 24.3 Å². The van der Waals surface area contributed by atoms with Crippen LogP contribution in [0.5, 0.6) is 0 Å². The van der Waals surface area contributed by atoms with E-state index in [1.54, 1.807) is 4.68 Å². The molecule has 2 amide bonds. The Morgan fingerprint density at radius 2 is 1.86 bits per heavy atom. The first-order valence-corrected chi connectivity index (χ1v) is 9.59. The number of rotatable bonds is 7. The first kappa shape index (κ1) is 20.3. The first-order chi connectivity index (χ1) is 13.9. The minimum Gasteiger partial charge on any atom is -0.354 e. The number of para-hydroxylation sites is 1. The van der Waals surface area contributed by atoms with Gasteiger partial charge in [0.2, 0.25) is 5.91 Å². The molecule has 1 aromatic heterocycles. The van der Waals surface area contributed by atoms with E-state index in [-0.39, 0.29) is 17.7 Å². The van der Waals surface area contributed by atoms with Crippen molar-refractivity contribution in [2.45, 2.75) is 27.3 Å². The fourth-order valence-corrected chi connectivity index (χ4v) is 2.78. The van der Waals surface area contributed by atoms with Crippen molar-refractivity contribution in [1.82, 2.24) is 20.3 Å². The lowest BCUT2D eigenvalue weighted by molar-refractivity contribution is -0.124. The van der Waals surface area contributed by atoms with Gasteiger partial charge in [-0.2, -0.15) is 0 Å². The number of aromatic nitrogens is 3. The average Bonchev–Trinajstić information content (AvgIpc) is 3.17. The Bertz CT molecular complexity index is 995. The Morgan fingerprint density at radius 3 is 2.59 bits per heavy atom. The van der Waals surface area contributed by atoms with Crippen LogP contribution in [0.2, 0.25) is 0 Å². The van der Waals surface area contributed by atoms with Crippen molar-refractivity contribution in [1.29, 1.82) is 0 Å². The van der Waals surface area contributed by atoms with Gasteiger partial charge in [-0.25, -0.2) is 0 Å². The van der Waals surface area contributed by atoms with Crippen molar-refractivity contribution in [2.24, 2.45) is 5.92 Å². The van der Waals surface area contributed by atoms with Crippen LogP contribution in [-0.2, 0) is 11.3 Å². The van der Waals surface area contributed by atoms with Crippen molar-refractivity contribution in [3.63, 3.8) is 0 Å². The van der Waals surface area contributed by atoms with E-state index in [0.717, 1.165) is 16.8 Å². The highest BCUT2D eigenvalue weighted by molar-refractivity contribution is 6.05. The van der Waals surface area contributed by atoms with Crippen LogP contribution >= 0.6 is 0 Å². The van der Waals surface area contributed by atoms with Gasteiger partial charge in [0, 0.05) is 29.3 Å². The number of hydrogen-bond acceptors (Lipinski definition) is 4. The van der Waals surface area contributed by atoms with Gasteiger partial charge in [-0.05, 0) is 30.7 Å². The highest BCUT2D eigenvalue weighted by atomic mass is 16.2. The van der Waals surface area contributed by atoms with Gasteiger partial charge in [0.05, 0.1) is 12.7 Å². The molecular formula is C22H25N5O2. The first-order valence-electron chi connectivity index (χ1n) is 9.59. The summed E-state index contributed by atoms with van der Waals surface area (Å²) in [6.45, 7) is 6.62. The van der Waals surface area contributed by atoms with Crippen LogP contribution in [-0.4, -0.2) is 33.4 Å². The lowest BCUT2D eigenvalue weighted by Crippen LogP contribution is -2.30. The molecule has 7 heteroatoms. The van der Waals surface area contributed by atoms with E-state index in [1.807, 2.05) is 75.5 Å². The van der Waals surface area contributed by atoms with Crippen LogP contribution in [0.15, 0.2) is 54.7 Å². The third-order valence-electron chi connectivity index (χ3n) is 4.51. The molecule has 0 unspecified atom stereocenters. The summed E-state index contributed by atoms with van der Waals surface area (Å²) < 4.78 is 1.68. The van der Waals surface area contributed by atoms with Crippen LogP contribution in [0, 0.1) is 12.8 Å². The van der Waals surface area contributed by atoms with Crippen molar-refractivity contribution in [2.75, 3.05) is 11.9 Å². The van der Waals surface area contributed by atoms with E-state index in [2.05, 4.69) is 20.9 Å². The molecule has 0 radical (unpaired) electrons. The van der Waals surface area contributed by atoms with E-state index < -0.39 is 0 Å². The molecule has 29 heavy (non-hydrogen) atoms. The molecule has 0 atom stereocenters. The number of amides is 2. The second kappa shape index (κ2) is 9.14. The largest absolute Gasteiger partial charge is 0.354 e. The maximum atomic E-state index is 12.7. The minimum atomic E-state index is -0.167. The van der Waals surface area contributed by atoms with Crippen molar-refractivity contribution in [3.05, 3.63) is 65.9 Å². The zero-order valence-corrected chi connectivity index (χ0v) is 16.8. The van der Waals surface area contributed by atoms with E-state index in [9.17, 15) is 9.59 Å². The number of anilines is 1. The van der Waals surface area contributed by atoms with Gasteiger partial charge in [0.25, 0.3) is 5.91 Å². The number of benzene rings is 2. The number of nitrogens with one attached hydrogen (secondary N) is 2. The lowest BCUT2D eigenvalue weighted by Gasteiger charge is -2.09. The second-order valence-electron chi connectivity index (χ2n) is 7.16. The summed E-state index contributed by atoms with van der Waals surface area (Å²) in [5.74, 6) is -0.202. The molecule has 3 rings (SSSR count). The summed E-state index contributed by atoms with van der Waals surface area (Å²) >= 11 is 0. The lowest BCUT2D eigenvalue weighted by atomic mass is 10.0. The molecule has 2 N–H and O–H groups in total. The molecule has 150 valence electrons. The van der Waals surface area contributed by atoms with Crippen LogP contribution in [0.4, 0.5) is 5.69 Å². The molecule has 0 saturated carbocycles. The number of carbonyl (C=O) groups is 2. The summed E-state index contributed by atoms with van der Waals surface area (Å²) in [5, 5.41) is 14.1. The molecule has 0 fully saturated rings. The Hall–Kier alpha value is -3.48. The molecular weight excluding hydrogens is 366 g/mol. The number of nitrogens with zero attached hydrogens (tertiary/aromatic N) is 3. The standard InChI is InChI=1S/C22H25N5O2/c1-15(2)21(28)23-11-12-27-14-20(25-26-27)17-10-9-16(3)19(13-17)22(29)24-18-7-5-4-6-8-18/h4-10,13-15H,11-12H2,1-3H3,(H,23,28)(H,24,29). The third-order valence-corrected chi connectivity index (χ3v) is 4.51. The summed E-state index contributed by atoms with van der Waals surface area (Å²) in [4.78, 5) is 24.3. The van der Waals surface area contributed by atoms with Crippen LogP contribution in [0.25, 0.3) is 11.3 Å². The zero-order valence-electron chi connectivity index (χ0n) is 16.8. The normalized spacial score (nSPS) is 10.8. The van der Waals surface area contributed by atoms with E-state index in [4.69, 9.17) is 0 Å². The Morgan fingerprint density at radius 1 is 1.10 bits per heavy atom. The number of hydrogen-bond donors (Lipinski definition) is 2. The fraction of sp³-hybridized carbons (Fsp3) is 0.273. The van der Waals surface area contributed by atoms with Gasteiger partial charge in [-0.15, -0.1) is 5.10 Å². The molecule has 0 aliphatic carbocycles. The molecule has 7 nitrogen and oxygen atoms in total. The number of aryl methyl sites for hydroxylation is 1. The maximum absolute atomic E-state index is 12.7. The summed E-state index contributed by atoms with van der Waals surface area (Å²) in [6, 6.07) is 15.0. The second-order valence-corrected chi connectivity index (χ2v) is 7.16. The van der Waals surface area contributed by atoms with Gasteiger partial charge in [0.15, 0.2) is 0 Å². The SMILES string of the molecule is Cc1ccc(-c2cn(CCNC(=O)C(C)C)nn2)cc1C(=O)Nc1ccccc1. The highest BCUT2D eigenvalue weighted by Gasteiger charge is 2.13. The smallest absolute Gasteiger partial charge is 0.255 e. The fourth-order valence-electron chi connectivity index (χ4n) is 2.78.